The number of rotatable bonds is 4. The van der Waals surface area contributed by atoms with E-state index in [0.29, 0.717) is 25.8 Å². The summed E-state index contributed by atoms with van der Waals surface area (Å²) in [5.74, 6) is 13.0. The highest BCUT2D eigenvalue weighted by atomic mass is 16.1. The zero-order valence-corrected chi connectivity index (χ0v) is 15.6. The molecule has 0 saturated carbocycles. The highest BCUT2D eigenvalue weighted by molar-refractivity contribution is 5.82. The van der Waals surface area contributed by atoms with Crippen LogP contribution in [0.15, 0.2) is 40.4 Å². The zero-order valence-electron chi connectivity index (χ0n) is 15.6. The highest BCUT2D eigenvalue weighted by Crippen LogP contribution is 2.41. The molecule has 0 aromatic rings. The predicted octanol–water partition coefficient (Wildman–Crippen LogP) is 2.50. The van der Waals surface area contributed by atoms with Crippen molar-refractivity contribution >= 4 is 11.7 Å². The number of carbonyl (C=O) groups is 1. The van der Waals surface area contributed by atoms with Gasteiger partial charge in [-0.25, -0.2) is 0 Å². The lowest BCUT2D eigenvalue weighted by molar-refractivity contribution is -0.120. The molecule has 0 bridgehead atoms. The molecule has 0 aromatic carbocycles. The van der Waals surface area contributed by atoms with Crippen LogP contribution >= 0.6 is 0 Å². The fourth-order valence-electron chi connectivity index (χ4n) is 3.62. The van der Waals surface area contributed by atoms with Crippen molar-refractivity contribution in [2.24, 2.45) is 10.4 Å². The Morgan fingerprint density at radius 2 is 2.27 bits per heavy atom. The number of amidine groups is 1. The molecule has 0 aromatic heterocycles. The van der Waals surface area contributed by atoms with Crippen molar-refractivity contribution in [2.45, 2.75) is 52.1 Å². The Labute approximate surface area is 155 Å². The van der Waals surface area contributed by atoms with E-state index < -0.39 is 0 Å². The summed E-state index contributed by atoms with van der Waals surface area (Å²) in [7, 11) is 0. The van der Waals surface area contributed by atoms with E-state index in [0.717, 1.165) is 11.4 Å². The summed E-state index contributed by atoms with van der Waals surface area (Å²) in [6, 6.07) is 0.351. The number of nitrogens with one attached hydrogen (secondary N) is 2. The standard InChI is InChI=1S/C22H25N3O/c1-16-22(3)19(12-9-13-20(22)25-17(2)24-16)15-23-21(26)14-18-10-7-5-4-6-8-11-18/h9,11-13,16,20H,5,8,14-15H2,1-3H3,(H,23,26)(H,24,25). The van der Waals surface area contributed by atoms with Crippen LogP contribution in [0.5, 0.6) is 0 Å². The van der Waals surface area contributed by atoms with Crippen LogP contribution in [-0.4, -0.2) is 30.4 Å². The minimum atomic E-state index is -0.142. The third-order valence-electron chi connectivity index (χ3n) is 5.38. The summed E-state index contributed by atoms with van der Waals surface area (Å²) in [4.78, 5) is 17.1. The molecule has 0 fully saturated rings. The van der Waals surface area contributed by atoms with Crippen LogP contribution in [0.3, 0.4) is 0 Å². The van der Waals surface area contributed by atoms with E-state index in [4.69, 9.17) is 4.99 Å². The van der Waals surface area contributed by atoms with Gasteiger partial charge in [0.15, 0.2) is 0 Å². The Balaban J connectivity index is 1.65. The van der Waals surface area contributed by atoms with Crippen molar-refractivity contribution in [2.75, 3.05) is 6.54 Å². The van der Waals surface area contributed by atoms with Gasteiger partial charge in [0.05, 0.1) is 24.7 Å². The first-order valence-corrected chi connectivity index (χ1v) is 9.09. The molecular formula is C22H25N3O. The molecule has 3 atom stereocenters. The molecule has 1 aliphatic heterocycles. The lowest BCUT2D eigenvalue weighted by Gasteiger charge is -2.46. The first kappa shape index (κ1) is 18.1. The van der Waals surface area contributed by atoms with Crippen molar-refractivity contribution in [1.29, 1.82) is 0 Å². The summed E-state index contributed by atoms with van der Waals surface area (Å²) in [5.41, 5.74) is 1.90. The van der Waals surface area contributed by atoms with Crippen LogP contribution in [0, 0.1) is 29.1 Å². The van der Waals surface area contributed by atoms with Crippen LogP contribution in [0.25, 0.3) is 0 Å². The lowest BCUT2D eigenvalue weighted by atomic mass is 9.67. The van der Waals surface area contributed by atoms with Crippen molar-refractivity contribution in [3.63, 3.8) is 0 Å². The molecular weight excluding hydrogens is 322 g/mol. The second-order valence-electron chi connectivity index (χ2n) is 7.10. The number of nitrogens with zero attached hydrogens (tertiary/aromatic N) is 1. The summed E-state index contributed by atoms with van der Waals surface area (Å²) >= 11 is 0. The van der Waals surface area contributed by atoms with Gasteiger partial charge in [0.25, 0.3) is 0 Å². The summed E-state index contributed by atoms with van der Waals surface area (Å²) in [6.45, 7) is 6.92. The molecule has 2 N–H and O–H groups in total. The summed E-state index contributed by atoms with van der Waals surface area (Å²) in [6.07, 6.45) is 9.78. The maximum atomic E-state index is 12.4. The van der Waals surface area contributed by atoms with Gasteiger partial charge in [-0.1, -0.05) is 54.9 Å². The van der Waals surface area contributed by atoms with Crippen molar-refractivity contribution in [3.05, 3.63) is 35.5 Å². The maximum Gasteiger partial charge on any atom is 0.225 e. The number of hydrogen-bond acceptors (Lipinski definition) is 3. The van der Waals surface area contributed by atoms with Gasteiger partial charge in [0.2, 0.25) is 5.91 Å². The van der Waals surface area contributed by atoms with E-state index >= 15 is 0 Å². The van der Waals surface area contributed by atoms with Gasteiger partial charge < -0.3 is 10.6 Å². The average molecular weight is 347 g/mol. The van der Waals surface area contributed by atoms with Gasteiger partial charge in [-0.3, -0.25) is 9.79 Å². The fourth-order valence-corrected chi connectivity index (χ4v) is 3.62. The van der Waals surface area contributed by atoms with Crippen LogP contribution in [0.1, 0.15) is 40.0 Å². The van der Waals surface area contributed by atoms with Gasteiger partial charge in [0.1, 0.15) is 0 Å². The normalized spacial score (nSPS) is 29.0. The minimum Gasteiger partial charge on any atom is -0.371 e. The van der Waals surface area contributed by atoms with E-state index in [-0.39, 0.29) is 23.4 Å². The fraction of sp³-hybridized carbons (Fsp3) is 0.455. The van der Waals surface area contributed by atoms with Gasteiger partial charge in [-0.05, 0) is 19.4 Å². The number of allylic oxidation sites excluding steroid dienone is 3. The molecule has 0 radical (unpaired) electrons. The summed E-state index contributed by atoms with van der Waals surface area (Å²) in [5, 5.41) is 6.50. The largest absolute Gasteiger partial charge is 0.371 e. The highest BCUT2D eigenvalue weighted by Gasteiger charge is 2.44. The molecule has 134 valence electrons. The van der Waals surface area contributed by atoms with Crippen LogP contribution in [-0.2, 0) is 4.79 Å². The van der Waals surface area contributed by atoms with Crippen molar-refractivity contribution in [1.82, 2.24) is 10.6 Å². The van der Waals surface area contributed by atoms with Crippen LogP contribution in [0.4, 0.5) is 0 Å². The first-order valence-electron chi connectivity index (χ1n) is 9.09. The van der Waals surface area contributed by atoms with E-state index in [9.17, 15) is 4.79 Å². The molecule has 1 amide bonds. The Hall–Kier alpha value is -2.72. The third kappa shape index (κ3) is 3.75. The average Bonchev–Trinajstić information content (AvgIpc) is 2.57. The topological polar surface area (TPSA) is 53.5 Å². The number of amides is 1. The first-order chi connectivity index (χ1) is 12.5. The predicted molar refractivity (Wildman–Crippen MR) is 105 cm³/mol. The Morgan fingerprint density at radius 3 is 3.12 bits per heavy atom. The second-order valence-corrected chi connectivity index (χ2v) is 7.10. The molecule has 0 saturated heterocycles. The maximum absolute atomic E-state index is 12.4. The third-order valence-corrected chi connectivity index (χ3v) is 5.38. The molecule has 4 nitrogen and oxygen atoms in total. The smallest absolute Gasteiger partial charge is 0.225 e. The van der Waals surface area contributed by atoms with Gasteiger partial charge >= 0.3 is 0 Å². The molecule has 1 heterocycles. The van der Waals surface area contributed by atoms with Gasteiger partial charge in [-0.15, -0.1) is 0 Å². The number of aliphatic imine (C=N–C) groups is 1. The molecule has 26 heavy (non-hydrogen) atoms. The molecule has 3 unspecified atom stereocenters. The minimum absolute atomic E-state index is 0.00853. The quantitative estimate of drug-likeness (QED) is 0.768. The molecule has 3 aliphatic rings. The Kier molecular flexibility index (Phi) is 5.33. The van der Waals surface area contributed by atoms with E-state index in [1.54, 1.807) is 0 Å². The van der Waals surface area contributed by atoms with Crippen molar-refractivity contribution < 1.29 is 4.79 Å². The van der Waals surface area contributed by atoms with Gasteiger partial charge in [-0.2, -0.15) is 0 Å². The number of hydrogen-bond donors (Lipinski definition) is 2. The Morgan fingerprint density at radius 1 is 1.42 bits per heavy atom. The van der Waals surface area contributed by atoms with Crippen LogP contribution in [0.2, 0.25) is 0 Å². The van der Waals surface area contributed by atoms with E-state index in [1.807, 2.05) is 19.1 Å². The molecule has 3 rings (SSSR count). The number of fused-ring (bicyclic) bond motifs is 1. The monoisotopic (exact) mass is 347 g/mol. The second kappa shape index (κ2) is 7.67. The Bertz CT molecular complexity index is 838. The van der Waals surface area contributed by atoms with Crippen LogP contribution < -0.4 is 10.6 Å². The van der Waals surface area contributed by atoms with E-state index in [1.165, 1.54) is 5.57 Å². The molecule has 4 heteroatoms. The van der Waals surface area contributed by atoms with E-state index in [2.05, 4.69) is 60.3 Å². The number of carbonyl (C=O) groups excluding carboxylic acids is 1. The SMILES string of the molecule is CC1=NC2C=CC=C(CNC(=O)CC3=CCC#CCC#C3)C2(C)C(C)N1. The summed E-state index contributed by atoms with van der Waals surface area (Å²) < 4.78 is 0. The van der Waals surface area contributed by atoms with Crippen molar-refractivity contribution in [3.8, 4) is 23.7 Å². The molecule has 0 spiro atoms. The molecule has 2 aliphatic carbocycles. The zero-order chi connectivity index (χ0) is 18.6. The lowest BCUT2D eigenvalue weighted by Crippen LogP contribution is -2.56. The van der Waals surface area contributed by atoms with Gasteiger partial charge in [0, 0.05) is 30.0 Å².